The van der Waals surface area contributed by atoms with Crippen molar-refractivity contribution in [1.82, 2.24) is 4.72 Å². The minimum Gasteiger partial charge on any atom is -0.329 e. The number of halogens is 4. The summed E-state index contributed by atoms with van der Waals surface area (Å²) in [7, 11) is -3.66. The maximum Gasteiger partial charge on any atom is 0.242 e. The predicted molar refractivity (Wildman–Crippen MR) is 75.7 cm³/mol. The molecule has 0 unspecified atom stereocenters. The third kappa shape index (κ3) is 4.24. The Kier molecular flexibility index (Phi) is 7.32. The summed E-state index contributed by atoms with van der Waals surface area (Å²) >= 11 is 14.8. The maximum absolute atomic E-state index is 11.8. The third-order valence-electron chi connectivity index (χ3n) is 1.73. The Balaban J connectivity index is 0.00000256. The molecule has 0 saturated heterocycles. The van der Waals surface area contributed by atoms with Gasteiger partial charge in [-0.05, 0) is 28.1 Å². The summed E-state index contributed by atoms with van der Waals surface area (Å²) in [6.07, 6.45) is 0. The molecule has 17 heavy (non-hydrogen) atoms. The largest absolute Gasteiger partial charge is 0.329 e. The molecule has 0 spiro atoms. The molecule has 0 aliphatic carbocycles. The summed E-state index contributed by atoms with van der Waals surface area (Å²) in [6.45, 7) is 0.355. The molecule has 4 nitrogen and oxygen atoms in total. The molecule has 0 radical (unpaired) electrons. The Morgan fingerprint density at radius 3 is 2.41 bits per heavy atom. The lowest BCUT2D eigenvalue weighted by Gasteiger charge is -2.09. The van der Waals surface area contributed by atoms with Gasteiger partial charge in [0.25, 0.3) is 0 Å². The first-order valence-electron chi connectivity index (χ1n) is 4.23. The molecule has 0 fully saturated rings. The van der Waals surface area contributed by atoms with Crippen LogP contribution in [-0.2, 0) is 10.0 Å². The molecule has 1 aromatic carbocycles. The second-order valence-corrected chi connectivity index (χ2v) is 6.21. The second kappa shape index (κ2) is 7.13. The minimum atomic E-state index is -3.66. The Hall–Kier alpha value is 0.440. The van der Waals surface area contributed by atoms with Gasteiger partial charge in [-0.3, -0.25) is 0 Å². The van der Waals surface area contributed by atoms with E-state index in [1.165, 1.54) is 12.1 Å². The van der Waals surface area contributed by atoms with Gasteiger partial charge >= 0.3 is 0 Å². The van der Waals surface area contributed by atoms with Crippen LogP contribution in [0.4, 0.5) is 0 Å². The van der Waals surface area contributed by atoms with Crippen molar-refractivity contribution in [3.63, 3.8) is 0 Å². The van der Waals surface area contributed by atoms with Gasteiger partial charge in [-0.2, -0.15) is 0 Å². The monoisotopic (exact) mass is 382 g/mol. The normalized spacial score (nSPS) is 11.1. The summed E-state index contributed by atoms with van der Waals surface area (Å²) < 4.78 is 26.3. The molecule has 0 atom stereocenters. The van der Waals surface area contributed by atoms with Crippen molar-refractivity contribution < 1.29 is 8.42 Å². The lowest BCUT2D eigenvalue weighted by Crippen LogP contribution is -2.29. The van der Waals surface area contributed by atoms with Crippen LogP contribution in [0, 0.1) is 0 Å². The van der Waals surface area contributed by atoms with Crippen molar-refractivity contribution in [2.45, 2.75) is 4.90 Å². The summed E-state index contributed by atoms with van der Waals surface area (Å²) in [5, 5.41) is 0.151. The zero-order chi connectivity index (χ0) is 12.3. The molecule has 0 amide bonds. The number of nitrogens with one attached hydrogen (secondary N) is 1. The fourth-order valence-corrected chi connectivity index (χ4v) is 3.25. The molecule has 1 aromatic rings. The van der Waals surface area contributed by atoms with E-state index in [2.05, 4.69) is 20.7 Å². The van der Waals surface area contributed by atoms with E-state index in [1.54, 1.807) is 0 Å². The number of sulfonamides is 1. The van der Waals surface area contributed by atoms with Crippen LogP contribution in [0.2, 0.25) is 10.0 Å². The van der Waals surface area contributed by atoms with Gasteiger partial charge in [-0.1, -0.05) is 23.2 Å². The Morgan fingerprint density at radius 1 is 1.29 bits per heavy atom. The van der Waals surface area contributed by atoms with Crippen LogP contribution in [0.5, 0.6) is 0 Å². The average Bonchev–Trinajstić information content (AvgIpc) is 2.23. The molecule has 0 aromatic heterocycles. The van der Waals surface area contributed by atoms with Gasteiger partial charge in [0.1, 0.15) is 4.90 Å². The van der Waals surface area contributed by atoms with Crippen LogP contribution in [0.15, 0.2) is 21.5 Å². The maximum atomic E-state index is 11.8. The topological polar surface area (TPSA) is 72.2 Å². The molecule has 0 bridgehead atoms. The van der Waals surface area contributed by atoms with Gasteiger partial charge in [0.2, 0.25) is 10.0 Å². The number of rotatable bonds is 4. The van der Waals surface area contributed by atoms with Crippen molar-refractivity contribution in [1.29, 1.82) is 0 Å². The zero-order valence-corrected chi connectivity index (χ0v) is 13.1. The minimum absolute atomic E-state index is 0. The summed E-state index contributed by atoms with van der Waals surface area (Å²) in [4.78, 5) is -0.0594. The van der Waals surface area contributed by atoms with E-state index >= 15 is 0 Å². The highest BCUT2D eigenvalue weighted by Gasteiger charge is 2.20. The molecule has 3 N–H and O–H groups in total. The first kappa shape index (κ1) is 17.4. The van der Waals surface area contributed by atoms with Crippen molar-refractivity contribution >= 4 is 61.6 Å². The van der Waals surface area contributed by atoms with Crippen molar-refractivity contribution in [3.05, 3.63) is 26.7 Å². The highest BCUT2D eigenvalue weighted by Crippen LogP contribution is 2.34. The number of benzene rings is 1. The fourth-order valence-electron chi connectivity index (χ4n) is 0.987. The second-order valence-electron chi connectivity index (χ2n) is 2.86. The molecule has 0 saturated carbocycles. The van der Waals surface area contributed by atoms with E-state index in [-0.39, 0.29) is 40.4 Å². The SMILES string of the molecule is Cl.NCCNS(=O)(=O)c1ccc(Br)c(Cl)c1Cl. The smallest absolute Gasteiger partial charge is 0.242 e. The van der Waals surface area contributed by atoms with Crippen LogP contribution in [0.3, 0.4) is 0 Å². The first-order chi connectivity index (χ1) is 7.40. The Labute approximate surface area is 124 Å². The average molecular weight is 385 g/mol. The predicted octanol–water partition coefficient (Wildman–Crippen LogP) is 2.41. The van der Waals surface area contributed by atoms with Crippen LogP contribution < -0.4 is 10.5 Å². The van der Waals surface area contributed by atoms with E-state index in [0.29, 0.717) is 4.47 Å². The van der Waals surface area contributed by atoms with Crippen LogP contribution >= 0.6 is 51.5 Å². The van der Waals surface area contributed by atoms with Gasteiger partial charge in [0, 0.05) is 17.6 Å². The summed E-state index contributed by atoms with van der Waals surface area (Å²) in [6, 6.07) is 2.89. The highest BCUT2D eigenvalue weighted by atomic mass is 79.9. The molecule has 0 heterocycles. The van der Waals surface area contributed by atoms with Crippen molar-refractivity contribution in [3.8, 4) is 0 Å². The Bertz CT molecular complexity index is 496. The number of hydrogen-bond donors (Lipinski definition) is 2. The summed E-state index contributed by atoms with van der Waals surface area (Å²) in [5.41, 5.74) is 5.21. The molecule has 98 valence electrons. The van der Waals surface area contributed by atoms with Crippen molar-refractivity contribution in [2.24, 2.45) is 5.73 Å². The molecule has 0 aliphatic rings. The number of hydrogen-bond acceptors (Lipinski definition) is 3. The molecule has 9 heteroatoms. The van der Waals surface area contributed by atoms with Gasteiger partial charge in [0.05, 0.1) is 10.0 Å². The van der Waals surface area contributed by atoms with Crippen LogP contribution in [0.1, 0.15) is 0 Å². The van der Waals surface area contributed by atoms with Gasteiger partial charge in [-0.25, -0.2) is 13.1 Å². The lowest BCUT2D eigenvalue weighted by molar-refractivity contribution is 0.582. The molecular weight excluding hydrogens is 374 g/mol. The van der Waals surface area contributed by atoms with Gasteiger partial charge < -0.3 is 5.73 Å². The Morgan fingerprint density at radius 2 is 1.88 bits per heavy atom. The lowest BCUT2D eigenvalue weighted by atomic mass is 10.4. The molecule has 0 aliphatic heterocycles. The summed E-state index contributed by atoms with van der Waals surface area (Å²) in [5.74, 6) is 0. The van der Waals surface area contributed by atoms with Crippen LogP contribution in [-0.4, -0.2) is 21.5 Å². The number of nitrogens with two attached hydrogens (primary N) is 1. The quantitative estimate of drug-likeness (QED) is 0.783. The third-order valence-corrected chi connectivity index (χ3v) is 5.11. The van der Waals surface area contributed by atoms with Crippen LogP contribution in [0.25, 0.3) is 0 Å². The van der Waals surface area contributed by atoms with Crippen molar-refractivity contribution in [2.75, 3.05) is 13.1 Å². The van der Waals surface area contributed by atoms with E-state index < -0.39 is 10.0 Å². The van der Waals surface area contributed by atoms with E-state index in [4.69, 9.17) is 28.9 Å². The standard InChI is InChI=1S/C8H9BrCl2N2O2S.ClH/c9-5-1-2-6(8(11)7(5)10)16(14,15)13-4-3-12;/h1-2,13H,3-4,12H2;1H. The molecule has 1 rings (SSSR count). The fraction of sp³-hybridized carbons (Fsp3) is 0.250. The first-order valence-corrected chi connectivity index (χ1v) is 7.26. The highest BCUT2D eigenvalue weighted by molar-refractivity contribution is 9.10. The van der Waals surface area contributed by atoms with Gasteiger partial charge in [0.15, 0.2) is 0 Å². The van der Waals surface area contributed by atoms with E-state index in [0.717, 1.165) is 0 Å². The van der Waals surface area contributed by atoms with E-state index in [1.807, 2.05) is 0 Å². The molecular formula is C8H10BrCl3N2O2S. The van der Waals surface area contributed by atoms with E-state index in [9.17, 15) is 8.42 Å². The zero-order valence-electron chi connectivity index (χ0n) is 8.41. The van der Waals surface area contributed by atoms with Gasteiger partial charge in [-0.15, -0.1) is 12.4 Å².